The van der Waals surface area contributed by atoms with Crippen molar-refractivity contribution in [2.75, 3.05) is 26.2 Å². The number of rotatable bonds is 4. The van der Waals surface area contributed by atoms with Crippen LogP contribution in [0.25, 0.3) is 0 Å². The number of hydrogen-bond acceptors (Lipinski definition) is 5. The fraction of sp³-hybridized carbons (Fsp3) is 0.636. The molecule has 174 valence electrons. The highest BCUT2D eigenvalue weighted by Gasteiger charge is 2.39. The minimum absolute atomic E-state index is 0.106. The Hall–Kier alpha value is -2.62. The third-order valence-corrected chi connectivity index (χ3v) is 7.36. The number of hydrogen-bond donors (Lipinski definition) is 3. The van der Waals surface area contributed by atoms with Crippen molar-refractivity contribution in [1.82, 2.24) is 25.8 Å². The molecule has 3 aliphatic rings. The molecule has 1 saturated carbocycles. The molecule has 2 aliphatic heterocycles. The maximum atomic E-state index is 13.2. The number of carbonyl (C=O) groups excluding carboxylic acids is 4. The van der Waals surface area contributed by atoms with Crippen molar-refractivity contribution < 1.29 is 19.2 Å². The topological polar surface area (TPSA) is 111 Å². The van der Waals surface area contributed by atoms with E-state index in [9.17, 15) is 19.2 Å². The lowest BCUT2D eigenvalue weighted by atomic mass is 9.95. The Morgan fingerprint density at radius 1 is 1.03 bits per heavy atom. The number of thiophene rings is 1. The van der Waals surface area contributed by atoms with Crippen LogP contribution in [-0.2, 0) is 9.59 Å². The van der Waals surface area contributed by atoms with E-state index in [2.05, 4.69) is 16.0 Å². The molecule has 3 heterocycles. The first-order valence-corrected chi connectivity index (χ1v) is 12.4. The number of nitrogens with zero attached hydrogens (tertiary/aromatic N) is 2. The Kier molecular flexibility index (Phi) is 7.29. The van der Waals surface area contributed by atoms with Crippen molar-refractivity contribution in [2.45, 2.75) is 63.1 Å². The van der Waals surface area contributed by atoms with Gasteiger partial charge < -0.3 is 25.8 Å². The molecule has 0 bridgehead atoms. The van der Waals surface area contributed by atoms with Gasteiger partial charge in [0.25, 0.3) is 5.91 Å². The first-order chi connectivity index (χ1) is 15.5. The molecule has 0 unspecified atom stereocenters. The van der Waals surface area contributed by atoms with Gasteiger partial charge in [-0.25, -0.2) is 4.79 Å². The van der Waals surface area contributed by atoms with E-state index < -0.39 is 18.0 Å². The zero-order valence-electron chi connectivity index (χ0n) is 18.2. The Bertz CT molecular complexity index is 839. The molecule has 1 aromatic heterocycles. The van der Waals surface area contributed by atoms with Crippen LogP contribution in [0.1, 0.15) is 54.6 Å². The molecule has 3 fully saturated rings. The van der Waals surface area contributed by atoms with Gasteiger partial charge in [0.15, 0.2) is 0 Å². The normalized spacial score (nSPS) is 24.6. The van der Waals surface area contributed by atoms with Crippen LogP contribution in [0.4, 0.5) is 4.79 Å². The van der Waals surface area contributed by atoms with Gasteiger partial charge in [-0.3, -0.25) is 14.4 Å². The van der Waals surface area contributed by atoms with Gasteiger partial charge >= 0.3 is 6.03 Å². The quantitative estimate of drug-likeness (QED) is 0.628. The molecule has 10 heteroatoms. The molecule has 0 radical (unpaired) electrons. The largest absolute Gasteiger partial charge is 0.354 e. The van der Waals surface area contributed by atoms with Crippen LogP contribution >= 0.6 is 11.3 Å². The molecule has 2 atom stereocenters. The standard InChI is InChI=1S/C22H31N5O4S/c28-19-16(8-4-10-23-19)25-20(29)17-14-26(21(30)18-9-5-13-32-18)11-12-27(17)22(31)24-15-6-2-1-3-7-15/h5,9,13,15-17H,1-4,6-8,10-12,14H2,(H,23,28)(H,24,31)(H,25,29)/t16-,17+/m0/s1. The van der Waals surface area contributed by atoms with Crippen LogP contribution in [0.3, 0.4) is 0 Å². The van der Waals surface area contributed by atoms with Gasteiger partial charge in [-0.15, -0.1) is 11.3 Å². The van der Waals surface area contributed by atoms with Crippen LogP contribution < -0.4 is 16.0 Å². The number of piperazine rings is 1. The van der Waals surface area contributed by atoms with Crippen LogP contribution in [0.2, 0.25) is 0 Å². The van der Waals surface area contributed by atoms with E-state index >= 15 is 0 Å². The molecule has 4 rings (SSSR count). The molecule has 1 aromatic rings. The molecular weight excluding hydrogens is 430 g/mol. The summed E-state index contributed by atoms with van der Waals surface area (Å²) in [5, 5.41) is 10.5. The monoisotopic (exact) mass is 461 g/mol. The van der Waals surface area contributed by atoms with Crippen molar-refractivity contribution in [1.29, 1.82) is 0 Å². The average molecular weight is 462 g/mol. The first-order valence-electron chi connectivity index (χ1n) is 11.5. The molecular formula is C22H31N5O4S. The number of amides is 5. The van der Waals surface area contributed by atoms with Crippen molar-refractivity contribution in [2.24, 2.45) is 0 Å². The minimum atomic E-state index is -0.842. The maximum absolute atomic E-state index is 13.2. The second-order valence-electron chi connectivity index (χ2n) is 8.72. The third kappa shape index (κ3) is 5.23. The van der Waals surface area contributed by atoms with Gasteiger partial charge in [-0.05, 0) is 37.1 Å². The minimum Gasteiger partial charge on any atom is -0.354 e. The second kappa shape index (κ2) is 10.3. The smallest absolute Gasteiger partial charge is 0.318 e. The van der Waals surface area contributed by atoms with E-state index in [-0.39, 0.29) is 37.0 Å². The average Bonchev–Trinajstić information content (AvgIpc) is 3.35. The van der Waals surface area contributed by atoms with Crippen LogP contribution in [0, 0.1) is 0 Å². The van der Waals surface area contributed by atoms with E-state index in [0.29, 0.717) is 24.4 Å². The molecule has 1 aliphatic carbocycles. The van der Waals surface area contributed by atoms with Gasteiger partial charge in [0.2, 0.25) is 11.8 Å². The summed E-state index contributed by atoms with van der Waals surface area (Å²) in [6.07, 6.45) is 6.61. The summed E-state index contributed by atoms with van der Waals surface area (Å²) in [7, 11) is 0. The fourth-order valence-corrected chi connectivity index (χ4v) is 5.36. The lowest BCUT2D eigenvalue weighted by Gasteiger charge is -2.41. The lowest BCUT2D eigenvalue weighted by Crippen LogP contribution is -2.65. The summed E-state index contributed by atoms with van der Waals surface area (Å²) in [6.45, 7) is 1.34. The zero-order chi connectivity index (χ0) is 22.5. The fourth-order valence-electron chi connectivity index (χ4n) is 4.67. The van der Waals surface area contributed by atoms with Crippen molar-refractivity contribution in [3.63, 3.8) is 0 Å². The molecule has 0 aromatic carbocycles. The van der Waals surface area contributed by atoms with Crippen molar-refractivity contribution >= 4 is 35.1 Å². The van der Waals surface area contributed by atoms with E-state index in [0.717, 1.165) is 32.1 Å². The van der Waals surface area contributed by atoms with E-state index in [1.54, 1.807) is 11.0 Å². The number of piperidine rings is 1. The molecule has 32 heavy (non-hydrogen) atoms. The second-order valence-corrected chi connectivity index (χ2v) is 9.66. The summed E-state index contributed by atoms with van der Waals surface area (Å²) >= 11 is 1.36. The number of carbonyl (C=O) groups is 4. The van der Waals surface area contributed by atoms with Gasteiger partial charge in [0.1, 0.15) is 12.1 Å². The predicted octanol–water partition coefficient (Wildman–Crippen LogP) is 1.31. The van der Waals surface area contributed by atoms with Crippen LogP contribution in [0.5, 0.6) is 0 Å². The van der Waals surface area contributed by atoms with Crippen LogP contribution in [0.15, 0.2) is 17.5 Å². The summed E-state index contributed by atoms with van der Waals surface area (Å²) in [6, 6.07) is 1.98. The van der Waals surface area contributed by atoms with Gasteiger partial charge in [-0.1, -0.05) is 25.3 Å². The van der Waals surface area contributed by atoms with Gasteiger partial charge in [0.05, 0.1) is 11.4 Å². The Morgan fingerprint density at radius 3 is 2.56 bits per heavy atom. The summed E-state index contributed by atoms with van der Waals surface area (Å²) in [5.74, 6) is -0.736. The van der Waals surface area contributed by atoms with Gasteiger partial charge in [0, 0.05) is 25.7 Å². The highest BCUT2D eigenvalue weighted by atomic mass is 32.1. The summed E-state index contributed by atoms with van der Waals surface area (Å²) in [4.78, 5) is 55.1. The van der Waals surface area contributed by atoms with E-state index in [4.69, 9.17) is 0 Å². The van der Waals surface area contributed by atoms with Crippen LogP contribution in [-0.4, -0.2) is 77.9 Å². The lowest BCUT2D eigenvalue weighted by molar-refractivity contribution is -0.133. The summed E-state index contributed by atoms with van der Waals surface area (Å²) in [5.41, 5.74) is 0. The molecule has 9 nitrogen and oxygen atoms in total. The molecule has 5 amide bonds. The third-order valence-electron chi connectivity index (χ3n) is 6.50. The molecule has 0 spiro atoms. The Balaban J connectivity index is 1.47. The number of urea groups is 1. The van der Waals surface area contributed by atoms with Gasteiger partial charge in [-0.2, -0.15) is 0 Å². The molecule has 3 N–H and O–H groups in total. The zero-order valence-corrected chi connectivity index (χ0v) is 19.0. The molecule has 2 saturated heterocycles. The van der Waals surface area contributed by atoms with E-state index in [1.165, 1.54) is 22.7 Å². The first kappa shape index (κ1) is 22.6. The Labute approximate surface area is 191 Å². The SMILES string of the molecule is O=C1NCCC[C@@H]1NC(=O)[C@H]1CN(C(=O)c2cccs2)CCN1C(=O)NC1CCCCC1. The maximum Gasteiger partial charge on any atom is 0.318 e. The Morgan fingerprint density at radius 2 is 1.84 bits per heavy atom. The number of nitrogens with one attached hydrogen (secondary N) is 3. The van der Waals surface area contributed by atoms with Crippen molar-refractivity contribution in [3.05, 3.63) is 22.4 Å². The predicted molar refractivity (Wildman–Crippen MR) is 120 cm³/mol. The van der Waals surface area contributed by atoms with Crippen molar-refractivity contribution in [3.8, 4) is 0 Å². The highest BCUT2D eigenvalue weighted by molar-refractivity contribution is 7.12. The summed E-state index contributed by atoms with van der Waals surface area (Å²) < 4.78 is 0. The highest BCUT2D eigenvalue weighted by Crippen LogP contribution is 2.20. The van der Waals surface area contributed by atoms with E-state index in [1.807, 2.05) is 11.4 Å².